The maximum absolute atomic E-state index is 14.1. The smallest absolute Gasteiger partial charge is 0.322 e. The lowest BCUT2D eigenvalue weighted by atomic mass is 10.0. The fraction of sp³-hybridized carbons (Fsp3) is 0.452. The molecule has 3 amide bonds. The van der Waals surface area contributed by atoms with Crippen molar-refractivity contribution in [3.63, 3.8) is 0 Å². The molecule has 2 aliphatic heterocycles. The molecule has 0 radical (unpaired) electrons. The molecule has 11 N–H and O–H groups in total. The molecule has 48 heavy (non-hydrogen) atoms. The van der Waals surface area contributed by atoms with Gasteiger partial charge in [-0.2, -0.15) is 0 Å². The number of phenols is 2. The number of hydrogen-bond donors (Lipinski definition) is 10. The lowest BCUT2D eigenvalue weighted by molar-refractivity contribution is -0.141. The van der Waals surface area contributed by atoms with Crippen molar-refractivity contribution >= 4 is 53.2 Å². The predicted octanol–water partition coefficient (Wildman–Crippen LogP) is 0.345. The van der Waals surface area contributed by atoms with Crippen molar-refractivity contribution < 1.29 is 44.4 Å². The molecule has 2 aromatic carbocycles. The Morgan fingerprint density at radius 2 is 1.25 bits per heavy atom. The first-order chi connectivity index (χ1) is 22.4. The summed E-state index contributed by atoms with van der Waals surface area (Å²) in [6.07, 6.45) is 0. The highest BCUT2D eigenvalue weighted by Gasteiger charge is 2.50. The van der Waals surface area contributed by atoms with Gasteiger partial charge in [0.05, 0.1) is 10.7 Å². The summed E-state index contributed by atoms with van der Waals surface area (Å²) in [5.41, 5.74) is 6.82. The van der Waals surface area contributed by atoms with Crippen LogP contribution in [0.3, 0.4) is 0 Å². The van der Waals surface area contributed by atoms with Crippen LogP contribution in [0, 0.1) is 0 Å². The van der Waals surface area contributed by atoms with Crippen molar-refractivity contribution in [2.75, 3.05) is 6.54 Å². The molecule has 2 aliphatic rings. The molecule has 7 atom stereocenters. The summed E-state index contributed by atoms with van der Waals surface area (Å²) in [5, 5.41) is 51.4. The number of nitrogens with two attached hydrogens (primary N) is 1. The first kappa shape index (κ1) is 36.8. The molecule has 0 bridgehead atoms. The van der Waals surface area contributed by atoms with E-state index in [4.69, 9.17) is 5.73 Å². The van der Waals surface area contributed by atoms with Crippen LogP contribution in [0.5, 0.6) is 11.5 Å². The summed E-state index contributed by atoms with van der Waals surface area (Å²) in [6, 6.07) is 5.17. The highest BCUT2D eigenvalue weighted by molar-refractivity contribution is 8.01. The Kier molecular flexibility index (Phi) is 11.2. The zero-order valence-electron chi connectivity index (χ0n) is 26.6. The Morgan fingerprint density at radius 1 is 0.750 bits per heavy atom. The largest absolute Gasteiger partial charge is 0.508 e. The zero-order chi connectivity index (χ0) is 35.6. The molecule has 0 spiro atoms. The molecule has 2 saturated heterocycles. The molecule has 0 aliphatic carbocycles. The number of phenolic OH excluding ortho intramolecular Hbond substituents is 2. The summed E-state index contributed by atoms with van der Waals surface area (Å²) in [6.45, 7) is 6.92. The van der Waals surface area contributed by atoms with Gasteiger partial charge in [-0.3, -0.25) is 34.6 Å². The number of aliphatic carboxylic acids is 2. The number of carboxylic acids is 2. The average Bonchev–Trinajstić information content (AvgIpc) is 3.51. The normalized spacial score (nSPS) is 24.5. The van der Waals surface area contributed by atoms with Crippen molar-refractivity contribution in [2.45, 2.75) is 78.1 Å². The van der Waals surface area contributed by atoms with Gasteiger partial charge in [-0.05, 0) is 63.1 Å². The van der Waals surface area contributed by atoms with E-state index in [2.05, 4.69) is 26.6 Å². The van der Waals surface area contributed by atoms with E-state index < -0.39 is 80.1 Å². The second-order valence-electron chi connectivity index (χ2n) is 12.6. The predicted molar refractivity (Wildman–Crippen MR) is 179 cm³/mol. The van der Waals surface area contributed by atoms with E-state index in [1.54, 1.807) is 27.7 Å². The van der Waals surface area contributed by atoms with Gasteiger partial charge in [0, 0.05) is 16.0 Å². The minimum Gasteiger partial charge on any atom is -0.508 e. The highest BCUT2D eigenvalue weighted by Crippen LogP contribution is 2.40. The number of nitrogens with one attached hydrogen (secondary N) is 5. The summed E-state index contributed by atoms with van der Waals surface area (Å²) in [5.74, 6) is -4.57. The van der Waals surface area contributed by atoms with Crippen molar-refractivity contribution in [1.82, 2.24) is 26.6 Å². The Bertz CT molecular complexity index is 1540. The number of aromatic hydroxyl groups is 2. The van der Waals surface area contributed by atoms with Crippen LogP contribution in [0.4, 0.5) is 0 Å². The van der Waals surface area contributed by atoms with Gasteiger partial charge in [-0.1, -0.05) is 24.3 Å². The lowest BCUT2D eigenvalue weighted by Gasteiger charge is -2.28. The molecule has 0 aromatic heterocycles. The number of carbonyl (C=O) groups is 5. The third-order valence-electron chi connectivity index (χ3n) is 8.10. The average molecular weight is 705 g/mol. The number of thioether (sulfide) groups is 2. The van der Waals surface area contributed by atoms with Crippen LogP contribution < -0.4 is 32.3 Å². The standard InChI is InChI=1S/C31H40N6O9S2/c1-30(2)22(28(43)44)34-18(47-30)13-33-25(41)20(15-7-11-17(39)12-8-15)35-26(42)21(27-37-23(29(45)46)31(3,4)48-27)36-24(40)19(32)14-5-9-16(38)10-6-14/h5-12,18-23,27,34,37-39H,13,32H2,1-4H3,(H,33,41)(H,35,42)(H,36,40)(H,43,44)(H,45,46). The van der Waals surface area contributed by atoms with Crippen LogP contribution in [0.1, 0.15) is 50.9 Å². The zero-order valence-corrected chi connectivity index (χ0v) is 28.2. The van der Waals surface area contributed by atoms with Gasteiger partial charge in [-0.25, -0.2) is 0 Å². The highest BCUT2D eigenvalue weighted by atomic mass is 32.2. The van der Waals surface area contributed by atoms with Gasteiger partial charge in [0.25, 0.3) is 0 Å². The number of carboxylic acid groups (broad SMARTS) is 2. The lowest BCUT2D eigenvalue weighted by Crippen LogP contribution is -2.59. The number of benzene rings is 2. The third-order valence-corrected chi connectivity index (χ3v) is 11.0. The van der Waals surface area contributed by atoms with Crippen molar-refractivity contribution in [3.05, 3.63) is 59.7 Å². The van der Waals surface area contributed by atoms with E-state index in [9.17, 15) is 44.4 Å². The summed E-state index contributed by atoms with van der Waals surface area (Å²) in [7, 11) is 0. The van der Waals surface area contributed by atoms with Crippen LogP contribution >= 0.6 is 23.5 Å². The minimum atomic E-state index is -1.43. The molecular weight excluding hydrogens is 665 g/mol. The molecule has 2 aromatic rings. The van der Waals surface area contributed by atoms with E-state index in [1.165, 1.54) is 60.3 Å². The number of carbonyl (C=O) groups excluding carboxylic acids is 3. The SMILES string of the molecule is CC1(C)SC(CNC(=O)C(NC(=O)C(NC(=O)C(N)c2ccc(O)cc2)C2NC(C(=O)O)C(C)(C)S2)c2ccc(O)cc2)NC1C(=O)O. The fourth-order valence-electron chi connectivity index (χ4n) is 5.50. The first-order valence-corrected chi connectivity index (χ1v) is 16.7. The third kappa shape index (κ3) is 8.51. The van der Waals surface area contributed by atoms with Crippen LogP contribution in [-0.2, 0) is 24.0 Å². The van der Waals surface area contributed by atoms with Gasteiger partial charge in [0.1, 0.15) is 41.7 Å². The van der Waals surface area contributed by atoms with E-state index in [0.29, 0.717) is 5.56 Å². The topological polar surface area (TPSA) is 252 Å². The van der Waals surface area contributed by atoms with E-state index in [1.807, 2.05) is 0 Å². The van der Waals surface area contributed by atoms with Crippen LogP contribution in [0.25, 0.3) is 0 Å². The molecule has 2 fully saturated rings. The molecule has 2 heterocycles. The molecule has 7 unspecified atom stereocenters. The van der Waals surface area contributed by atoms with Gasteiger partial charge in [0.15, 0.2) is 0 Å². The van der Waals surface area contributed by atoms with Gasteiger partial charge in [0.2, 0.25) is 17.7 Å². The second-order valence-corrected chi connectivity index (χ2v) is 16.2. The maximum Gasteiger partial charge on any atom is 0.322 e. The number of amides is 3. The second kappa shape index (κ2) is 14.6. The Hall–Kier alpha value is -4.03. The molecular formula is C31H40N6O9S2. The Balaban J connectivity index is 1.59. The minimum absolute atomic E-state index is 0.0112. The summed E-state index contributed by atoms with van der Waals surface area (Å²) in [4.78, 5) is 64.9. The maximum atomic E-state index is 14.1. The van der Waals surface area contributed by atoms with Crippen LogP contribution in [-0.4, -0.2) is 95.0 Å². The first-order valence-electron chi connectivity index (χ1n) is 14.9. The van der Waals surface area contributed by atoms with Crippen molar-refractivity contribution in [1.29, 1.82) is 0 Å². The van der Waals surface area contributed by atoms with Crippen LogP contribution in [0.2, 0.25) is 0 Å². The molecule has 15 nitrogen and oxygen atoms in total. The fourth-order valence-corrected chi connectivity index (χ4v) is 8.40. The number of rotatable bonds is 12. The van der Waals surface area contributed by atoms with Gasteiger partial charge in [-0.15, -0.1) is 23.5 Å². The number of hydrogen-bond acceptors (Lipinski definition) is 12. The monoisotopic (exact) mass is 704 g/mol. The molecule has 4 rings (SSSR count). The summed E-state index contributed by atoms with van der Waals surface area (Å²) < 4.78 is -1.56. The van der Waals surface area contributed by atoms with E-state index in [0.717, 1.165) is 11.8 Å². The van der Waals surface area contributed by atoms with Crippen LogP contribution in [0.15, 0.2) is 48.5 Å². The Morgan fingerprint density at radius 3 is 1.75 bits per heavy atom. The molecule has 260 valence electrons. The molecule has 0 saturated carbocycles. The van der Waals surface area contributed by atoms with Gasteiger partial charge < -0.3 is 42.1 Å². The van der Waals surface area contributed by atoms with E-state index >= 15 is 0 Å². The van der Waals surface area contributed by atoms with Gasteiger partial charge >= 0.3 is 11.9 Å². The quantitative estimate of drug-likeness (QED) is 0.143. The van der Waals surface area contributed by atoms with Crippen molar-refractivity contribution in [3.8, 4) is 11.5 Å². The molecule has 17 heteroatoms. The Labute approximate surface area is 285 Å². The summed E-state index contributed by atoms with van der Waals surface area (Å²) >= 11 is 2.46. The van der Waals surface area contributed by atoms with Crippen molar-refractivity contribution in [2.24, 2.45) is 5.73 Å². The van der Waals surface area contributed by atoms with E-state index in [-0.39, 0.29) is 23.6 Å².